The third-order valence-electron chi connectivity index (χ3n) is 3.35. The second-order valence-electron chi connectivity index (χ2n) is 5.57. The van der Waals surface area contributed by atoms with Crippen molar-refractivity contribution in [3.05, 3.63) is 41.3 Å². The molecule has 0 aliphatic carbocycles. The predicted molar refractivity (Wildman–Crippen MR) is 85.3 cm³/mol. The largest absolute Gasteiger partial charge is 0.441 e. The van der Waals surface area contributed by atoms with Crippen molar-refractivity contribution in [2.75, 3.05) is 12.9 Å². The molecule has 0 unspecified atom stereocenters. The summed E-state index contributed by atoms with van der Waals surface area (Å²) in [5.74, 6) is 1.70. The quantitative estimate of drug-likeness (QED) is 0.763. The van der Waals surface area contributed by atoms with Crippen LogP contribution in [0, 0.1) is 6.92 Å². The first-order valence-electron chi connectivity index (χ1n) is 7.17. The molecule has 0 saturated carbocycles. The smallest absolute Gasteiger partial charge is 0.264 e. The number of oxazole rings is 1. The average Bonchev–Trinajstić information content (AvgIpc) is 2.79. The summed E-state index contributed by atoms with van der Waals surface area (Å²) >= 11 is 0. The highest BCUT2D eigenvalue weighted by molar-refractivity contribution is 7.85. The van der Waals surface area contributed by atoms with Crippen LogP contribution < -0.4 is 0 Å². The number of rotatable bonds is 6. The molecule has 0 atom stereocenters. The average molecular weight is 323 g/mol. The Morgan fingerprint density at radius 2 is 1.86 bits per heavy atom. The molecule has 1 heterocycles. The van der Waals surface area contributed by atoms with E-state index in [-0.39, 0.29) is 6.61 Å². The standard InChI is InChI=1S/C16H21NO4S/c1-11(2)13-5-7-14(8-6-13)16-17-15(12(3)21-16)9-10-20-22(4,18)19/h5-8,11H,9-10H2,1-4H3. The lowest BCUT2D eigenvalue weighted by atomic mass is 10.0. The van der Waals surface area contributed by atoms with Crippen molar-refractivity contribution in [2.45, 2.75) is 33.1 Å². The monoisotopic (exact) mass is 323 g/mol. The molecule has 1 aromatic carbocycles. The summed E-state index contributed by atoms with van der Waals surface area (Å²) < 4.78 is 32.3. The summed E-state index contributed by atoms with van der Waals surface area (Å²) in [6.45, 7) is 6.17. The second-order valence-corrected chi connectivity index (χ2v) is 7.22. The second kappa shape index (κ2) is 6.62. The Labute approximate surface area is 131 Å². The Morgan fingerprint density at radius 1 is 1.23 bits per heavy atom. The van der Waals surface area contributed by atoms with Gasteiger partial charge in [0.15, 0.2) is 0 Å². The third-order valence-corrected chi connectivity index (χ3v) is 3.95. The number of nitrogens with zero attached hydrogens (tertiary/aromatic N) is 1. The van der Waals surface area contributed by atoms with Crippen molar-refractivity contribution < 1.29 is 17.0 Å². The van der Waals surface area contributed by atoms with Gasteiger partial charge in [0, 0.05) is 12.0 Å². The van der Waals surface area contributed by atoms with Crippen LogP contribution in [-0.2, 0) is 20.7 Å². The van der Waals surface area contributed by atoms with E-state index in [1.54, 1.807) is 0 Å². The summed E-state index contributed by atoms with van der Waals surface area (Å²) in [7, 11) is -3.42. The van der Waals surface area contributed by atoms with E-state index in [1.165, 1.54) is 5.56 Å². The molecule has 22 heavy (non-hydrogen) atoms. The number of hydrogen-bond donors (Lipinski definition) is 0. The topological polar surface area (TPSA) is 69.4 Å². The minimum Gasteiger partial charge on any atom is -0.441 e. The molecule has 0 radical (unpaired) electrons. The summed E-state index contributed by atoms with van der Waals surface area (Å²) in [5.41, 5.74) is 2.88. The van der Waals surface area contributed by atoms with Crippen LogP contribution in [0.4, 0.5) is 0 Å². The predicted octanol–water partition coefficient (Wildman–Crippen LogP) is 3.29. The van der Waals surface area contributed by atoms with E-state index in [4.69, 9.17) is 8.60 Å². The van der Waals surface area contributed by atoms with E-state index in [0.29, 0.717) is 29.7 Å². The SMILES string of the molecule is Cc1oc(-c2ccc(C(C)C)cc2)nc1CCOS(C)(=O)=O. The van der Waals surface area contributed by atoms with Gasteiger partial charge in [0.25, 0.3) is 10.1 Å². The fourth-order valence-corrected chi connectivity index (χ4v) is 2.47. The van der Waals surface area contributed by atoms with Gasteiger partial charge in [-0.2, -0.15) is 8.42 Å². The highest BCUT2D eigenvalue weighted by Gasteiger charge is 2.12. The van der Waals surface area contributed by atoms with Crippen molar-refractivity contribution in [3.63, 3.8) is 0 Å². The minimum absolute atomic E-state index is 0.0674. The Morgan fingerprint density at radius 3 is 2.41 bits per heavy atom. The Balaban J connectivity index is 2.11. The summed E-state index contributed by atoms with van der Waals surface area (Å²) in [4.78, 5) is 4.43. The fourth-order valence-electron chi connectivity index (χ4n) is 2.08. The Bertz CT molecular complexity index is 730. The number of aromatic nitrogens is 1. The summed E-state index contributed by atoms with van der Waals surface area (Å²) in [6, 6.07) is 8.09. The molecule has 0 saturated heterocycles. The van der Waals surface area contributed by atoms with E-state index in [1.807, 2.05) is 19.1 Å². The molecule has 0 aliphatic heterocycles. The molecule has 0 bridgehead atoms. The van der Waals surface area contributed by atoms with Crippen molar-refractivity contribution >= 4 is 10.1 Å². The normalized spacial score (nSPS) is 12.0. The van der Waals surface area contributed by atoms with Gasteiger partial charge in [0.2, 0.25) is 5.89 Å². The van der Waals surface area contributed by atoms with Crippen LogP contribution in [0.15, 0.2) is 28.7 Å². The molecular weight excluding hydrogens is 302 g/mol. The van der Waals surface area contributed by atoms with Gasteiger partial charge in [-0.1, -0.05) is 26.0 Å². The maximum atomic E-state index is 11.0. The maximum absolute atomic E-state index is 11.0. The zero-order valence-corrected chi connectivity index (χ0v) is 14.1. The van der Waals surface area contributed by atoms with Crippen LogP contribution in [0.1, 0.15) is 36.8 Å². The van der Waals surface area contributed by atoms with Gasteiger partial charge >= 0.3 is 0 Å². The lowest BCUT2D eigenvalue weighted by molar-refractivity contribution is 0.324. The Hall–Kier alpha value is -1.66. The maximum Gasteiger partial charge on any atom is 0.264 e. The van der Waals surface area contributed by atoms with Gasteiger partial charge in [0.1, 0.15) is 5.76 Å². The molecule has 0 N–H and O–H groups in total. The zero-order valence-electron chi connectivity index (χ0n) is 13.3. The number of hydrogen-bond acceptors (Lipinski definition) is 5. The molecular formula is C16H21NO4S. The van der Waals surface area contributed by atoms with Gasteiger partial charge in [-0.3, -0.25) is 4.18 Å². The van der Waals surface area contributed by atoms with Crippen LogP contribution in [0.5, 0.6) is 0 Å². The summed E-state index contributed by atoms with van der Waals surface area (Å²) in [6.07, 6.45) is 1.43. The minimum atomic E-state index is -3.42. The molecule has 0 spiro atoms. The molecule has 5 nitrogen and oxygen atoms in total. The molecule has 1 aromatic heterocycles. The molecule has 2 aromatic rings. The molecule has 120 valence electrons. The van der Waals surface area contributed by atoms with E-state index in [0.717, 1.165) is 11.8 Å². The molecule has 0 fully saturated rings. The van der Waals surface area contributed by atoms with Gasteiger partial charge in [-0.15, -0.1) is 0 Å². The summed E-state index contributed by atoms with van der Waals surface area (Å²) in [5, 5.41) is 0. The third kappa shape index (κ3) is 4.42. The van der Waals surface area contributed by atoms with Crippen LogP contribution in [0.3, 0.4) is 0 Å². The first-order chi connectivity index (χ1) is 10.3. The molecule has 0 amide bonds. The van der Waals surface area contributed by atoms with Crippen molar-refractivity contribution in [2.24, 2.45) is 0 Å². The van der Waals surface area contributed by atoms with Gasteiger partial charge in [-0.25, -0.2) is 4.98 Å². The lowest BCUT2D eigenvalue weighted by Gasteiger charge is -2.04. The van der Waals surface area contributed by atoms with Gasteiger partial charge in [-0.05, 0) is 30.5 Å². The molecule has 2 rings (SSSR count). The highest BCUT2D eigenvalue weighted by Crippen LogP contribution is 2.24. The van der Waals surface area contributed by atoms with E-state index in [9.17, 15) is 8.42 Å². The van der Waals surface area contributed by atoms with Crippen LogP contribution in [0.2, 0.25) is 0 Å². The van der Waals surface area contributed by atoms with E-state index < -0.39 is 10.1 Å². The Kier molecular flexibility index (Phi) is 5.03. The number of aryl methyl sites for hydroxylation is 1. The van der Waals surface area contributed by atoms with Crippen molar-refractivity contribution in [3.8, 4) is 11.5 Å². The van der Waals surface area contributed by atoms with Crippen LogP contribution in [-0.4, -0.2) is 26.3 Å². The van der Waals surface area contributed by atoms with Crippen LogP contribution in [0.25, 0.3) is 11.5 Å². The fraction of sp³-hybridized carbons (Fsp3) is 0.438. The number of benzene rings is 1. The first kappa shape index (κ1) is 16.7. The molecule has 0 aliphatic rings. The van der Waals surface area contributed by atoms with Crippen molar-refractivity contribution in [1.29, 1.82) is 0 Å². The lowest BCUT2D eigenvalue weighted by Crippen LogP contribution is -2.06. The zero-order chi connectivity index (χ0) is 16.3. The first-order valence-corrected chi connectivity index (χ1v) is 8.99. The van der Waals surface area contributed by atoms with Crippen molar-refractivity contribution in [1.82, 2.24) is 4.98 Å². The van der Waals surface area contributed by atoms with E-state index in [2.05, 4.69) is 31.0 Å². The van der Waals surface area contributed by atoms with E-state index >= 15 is 0 Å². The van der Waals surface area contributed by atoms with Gasteiger partial charge in [0.05, 0.1) is 18.6 Å². The van der Waals surface area contributed by atoms with Gasteiger partial charge < -0.3 is 4.42 Å². The molecule has 6 heteroatoms. The highest BCUT2D eigenvalue weighted by atomic mass is 32.2. The van der Waals surface area contributed by atoms with Crippen LogP contribution >= 0.6 is 0 Å².